The van der Waals surface area contributed by atoms with Crippen molar-refractivity contribution >= 4 is 29.1 Å². The van der Waals surface area contributed by atoms with E-state index in [2.05, 4.69) is 6.07 Å². The van der Waals surface area contributed by atoms with Gasteiger partial charge in [-0.3, -0.25) is 9.59 Å². The summed E-state index contributed by atoms with van der Waals surface area (Å²) in [4.78, 5) is 25.9. The van der Waals surface area contributed by atoms with Crippen LogP contribution in [0.2, 0.25) is 5.02 Å². The lowest BCUT2D eigenvalue weighted by Gasteiger charge is -2.19. The molecule has 0 unspecified atom stereocenters. The van der Waals surface area contributed by atoms with E-state index in [9.17, 15) is 9.59 Å². The highest BCUT2D eigenvalue weighted by Gasteiger charge is 2.33. The number of rotatable bonds is 6. The highest BCUT2D eigenvalue weighted by molar-refractivity contribution is 6.30. The lowest BCUT2D eigenvalue weighted by Crippen LogP contribution is -2.25. The number of nitrogens with two attached hydrogens (primary N) is 1. The molecule has 1 heterocycles. The first-order valence-corrected chi connectivity index (χ1v) is 10.4. The molecular formula is C25H20ClN3O3. The van der Waals surface area contributed by atoms with E-state index in [4.69, 9.17) is 27.3 Å². The molecule has 1 fully saturated rings. The Kier molecular flexibility index (Phi) is 6.11. The fourth-order valence-corrected chi connectivity index (χ4v) is 3.96. The Hall–Kier alpha value is -3.82. The summed E-state index contributed by atoms with van der Waals surface area (Å²) in [6, 6.07) is 21.4. The number of nitrogens with zero attached hydrogens (tertiary/aromatic N) is 2. The zero-order valence-electron chi connectivity index (χ0n) is 17.1. The van der Waals surface area contributed by atoms with Gasteiger partial charge in [-0.05, 0) is 53.6 Å². The molecule has 2 amide bonds. The van der Waals surface area contributed by atoms with Gasteiger partial charge < -0.3 is 15.4 Å². The van der Waals surface area contributed by atoms with E-state index in [1.165, 1.54) is 0 Å². The van der Waals surface area contributed by atoms with Crippen molar-refractivity contribution < 1.29 is 14.3 Å². The van der Waals surface area contributed by atoms with Crippen LogP contribution in [0, 0.1) is 11.3 Å². The third kappa shape index (κ3) is 4.58. The summed E-state index contributed by atoms with van der Waals surface area (Å²) in [5, 5.41) is 9.48. The third-order valence-electron chi connectivity index (χ3n) is 5.46. The molecule has 32 heavy (non-hydrogen) atoms. The minimum absolute atomic E-state index is 0.0374. The summed E-state index contributed by atoms with van der Waals surface area (Å²) in [6.07, 6.45) is 0.315. The van der Waals surface area contributed by atoms with Crippen LogP contribution in [0.4, 0.5) is 5.69 Å². The summed E-state index contributed by atoms with van der Waals surface area (Å²) in [7, 11) is 0. The highest BCUT2D eigenvalue weighted by Crippen LogP contribution is 2.38. The molecule has 1 aliphatic rings. The topological polar surface area (TPSA) is 96.4 Å². The van der Waals surface area contributed by atoms with Crippen LogP contribution in [-0.4, -0.2) is 18.4 Å². The number of hydrogen-bond acceptors (Lipinski definition) is 4. The van der Waals surface area contributed by atoms with E-state index >= 15 is 0 Å². The van der Waals surface area contributed by atoms with Crippen LogP contribution in [0.1, 0.15) is 39.4 Å². The van der Waals surface area contributed by atoms with Gasteiger partial charge >= 0.3 is 0 Å². The van der Waals surface area contributed by atoms with Crippen molar-refractivity contribution in [3.63, 3.8) is 0 Å². The first-order valence-electron chi connectivity index (χ1n) is 10.1. The normalized spacial score (nSPS) is 15.4. The van der Waals surface area contributed by atoms with Gasteiger partial charge in [-0.15, -0.1) is 0 Å². The van der Waals surface area contributed by atoms with E-state index in [0.717, 1.165) is 11.1 Å². The molecule has 7 heteroatoms. The van der Waals surface area contributed by atoms with Gasteiger partial charge in [-0.2, -0.15) is 5.26 Å². The minimum atomic E-state index is -0.536. The smallest absolute Gasteiger partial charge is 0.248 e. The summed E-state index contributed by atoms with van der Waals surface area (Å²) in [5.41, 5.74) is 8.78. The quantitative estimate of drug-likeness (QED) is 0.607. The second-order valence-corrected chi connectivity index (χ2v) is 8.04. The molecule has 0 aliphatic carbocycles. The van der Waals surface area contributed by atoms with Crippen molar-refractivity contribution in [2.75, 3.05) is 11.4 Å². The number of primary amides is 1. The number of nitriles is 1. The Morgan fingerprint density at radius 3 is 2.66 bits per heavy atom. The molecule has 1 atom stereocenters. The zero-order valence-corrected chi connectivity index (χ0v) is 17.9. The van der Waals surface area contributed by atoms with Gasteiger partial charge in [0.05, 0.1) is 11.6 Å². The molecular weight excluding hydrogens is 426 g/mol. The number of ether oxygens (including phenoxy) is 1. The van der Waals surface area contributed by atoms with Crippen molar-refractivity contribution in [2.45, 2.75) is 18.9 Å². The summed E-state index contributed by atoms with van der Waals surface area (Å²) in [6.45, 7) is 0.764. The van der Waals surface area contributed by atoms with Gasteiger partial charge in [0.15, 0.2) is 0 Å². The number of carbonyl (C=O) groups excluding carboxylic acids is 2. The molecule has 2 N–H and O–H groups in total. The van der Waals surface area contributed by atoms with Gasteiger partial charge in [0, 0.05) is 35.2 Å². The number of anilines is 1. The van der Waals surface area contributed by atoms with Crippen molar-refractivity contribution in [3.8, 4) is 11.8 Å². The highest BCUT2D eigenvalue weighted by atomic mass is 35.5. The molecule has 1 saturated heterocycles. The molecule has 0 radical (unpaired) electrons. The molecule has 160 valence electrons. The number of amides is 2. The molecule has 0 aromatic heterocycles. The largest absolute Gasteiger partial charge is 0.489 e. The van der Waals surface area contributed by atoms with Crippen molar-refractivity contribution in [1.82, 2.24) is 0 Å². The monoisotopic (exact) mass is 445 g/mol. The van der Waals surface area contributed by atoms with Crippen LogP contribution in [-0.2, 0) is 11.4 Å². The van der Waals surface area contributed by atoms with E-state index in [1.807, 2.05) is 18.2 Å². The summed E-state index contributed by atoms with van der Waals surface area (Å²) < 4.78 is 6.06. The average Bonchev–Trinajstić information content (AvgIpc) is 3.19. The first kappa shape index (κ1) is 21.4. The fraction of sp³-hybridized carbons (Fsp3) is 0.160. The van der Waals surface area contributed by atoms with Crippen LogP contribution >= 0.6 is 11.6 Å². The third-order valence-corrected chi connectivity index (χ3v) is 5.70. The van der Waals surface area contributed by atoms with Gasteiger partial charge in [-0.1, -0.05) is 35.9 Å². The Bertz CT molecular complexity index is 1220. The molecule has 4 rings (SSSR count). The Morgan fingerprint density at radius 1 is 1.16 bits per heavy atom. The van der Waals surface area contributed by atoms with Crippen molar-refractivity contribution in [2.24, 2.45) is 5.73 Å². The van der Waals surface area contributed by atoms with Crippen LogP contribution < -0.4 is 15.4 Å². The summed E-state index contributed by atoms with van der Waals surface area (Å²) >= 11 is 6.21. The second kappa shape index (κ2) is 9.13. The molecule has 1 aliphatic heterocycles. The molecule has 0 bridgehead atoms. The van der Waals surface area contributed by atoms with E-state index in [1.54, 1.807) is 53.4 Å². The van der Waals surface area contributed by atoms with Gasteiger partial charge in [-0.25, -0.2) is 0 Å². The maximum absolute atomic E-state index is 12.8. The van der Waals surface area contributed by atoms with E-state index in [0.29, 0.717) is 47.2 Å². The average molecular weight is 446 g/mol. The number of hydrogen-bond donors (Lipinski definition) is 1. The summed E-state index contributed by atoms with van der Waals surface area (Å²) in [5.74, 6) is -0.0452. The maximum atomic E-state index is 12.8. The lowest BCUT2D eigenvalue weighted by molar-refractivity contribution is -0.117. The molecule has 6 nitrogen and oxygen atoms in total. The number of benzene rings is 3. The maximum Gasteiger partial charge on any atom is 0.248 e. The zero-order chi connectivity index (χ0) is 22.7. The Morgan fingerprint density at radius 2 is 1.94 bits per heavy atom. The molecule has 0 spiro atoms. The van der Waals surface area contributed by atoms with E-state index < -0.39 is 5.91 Å². The van der Waals surface area contributed by atoms with Crippen LogP contribution in [0.3, 0.4) is 0 Å². The van der Waals surface area contributed by atoms with Crippen LogP contribution in [0.15, 0.2) is 66.7 Å². The van der Waals surface area contributed by atoms with Crippen LogP contribution in [0.5, 0.6) is 5.75 Å². The predicted molar refractivity (Wildman–Crippen MR) is 122 cm³/mol. The Labute approximate surface area is 190 Å². The van der Waals surface area contributed by atoms with Gasteiger partial charge in [0.25, 0.3) is 0 Å². The standard InChI is InChI=1S/C25H20ClN3O3/c26-20-8-9-22(23(12-20)32-15-17-6-4-16(13-27)5-7-17)19-11-24(30)29(14-19)21-3-1-2-18(10-21)25(28)31/h1-10,12,19H,11,14-15H2,(H2,28,31)/t19-/m0/s1. The van der Waals surface area contributed by atoms with Crippen molar-refractivity contribution in [1.29, 1.82) is 5.26 Å². The molecule has 3 aromatic carbocycles. The predicted octanol–water partition coefficient (Wildman–Crippen LogP) is 4.41. The van der Waals surface area contributed by atoms with Gasteiger partial charge in [0.1, 0.15) is 12.4 Å². The van der Waals surface area contributed by atoms with E-state index in [-0.39, 0.29) is 11.8 Å². The minimum Gasteiger partial charge on any atom is -0.489 e. The number of halogens is 1. The second-order valence-electron chi connectivity index (χ2n) is 7.60. The molecule has 0 saturated carbocycles. The van der Waals surface area contributed by atoms with Crippen molar-refractivity contribution in [3.05, 3.63) is 94.0 Å². The Balaban J connectivity index is 1.54. The lowest BCUT2D eigenvalue weighted by atomic mass is 9.97. The molecule has 3 aromatic rings. The first-order chi connectivity index (χ1) is 15.4. The van der Waals surface area contributed by atoms with Gasteiger partial charge in [0.2, 0.25) is 11.8 Å². The fourth-order valence-electron chi connectivity index (χ4n) is 3.80. The SMILES string of the molecule is N#Cc1ccc(COc2cc(Cl)ccc2[C@H]2CC(=O)N(c3cccc(C(N)=O)c3)C2)cc1. The number of carbonyl (C=O) groups is 2. The van der Waals surface area contributed by atoms with Crippen LogP contribution in [0.25, 0.3) is 0 Å².